The number of halogens is 1. The summed E-state index contributed by atoms with van der Waals surface area (Å²) in [6, 6.07) is 3.89. The molecule has 130 valence electrons. The number of aryl methyl sites for hydroxylation is 2. The Bertz CT molecular complexity index is 904. The number of rotatable bonds is 5. The predicted molar refractivity (Wildman–Crippen MR) is 90.7 cm³/mol. The third kappa shape index (κ3) is 3.05. The molecule has 0 amide bonds. The van der Waals surface area contributed by atoms with Crippen molar-refractivity contribution in [1.29, 1.82) is 0 Å². The molecule has 1 aromatic carbocycles. The number of nitrogens with zero attached hydrogens (tertiary/aromatic N) is 6. The van der Waals surface area contributed by atoms with Crippen LogP contribution in [-0.2, 0) is 13.0 Å². The highest BCUT2D eigenvalue weighted by Gasteiger charge is 2.19. The molecule has 3 aromatic rings. The summed E-state index contributed by atoms with van der Waals surface area (Å²) >= 11 is 6.33. The third-order valence-electron chi connectivity index (χ3n) is 4.04. The molecule has 9 heteroatoms. The first-order valence-corrected chi connectivity index (χ1v) is 8.37. The molecule has 0 unspecified atom stereocenters. The Labute approximate surface area is 149 Å². The molecule has 2 aromatic heterocycles. The Balaban J connectivity index is 1.52. The highest BCUT2D eigenvalue weighted by Crippen LogP contribution is 2.40. The van der Waals surface area contributed by atoms with Gasteiger partial charge in [-0.3, -0.25) is 4.68 Å². The van der Waals surface area contributed by atoms with Gasteiger partial charge >= 0.3 is 0 Å². The quantitative estimate of drug-likeness (QED) is 0.696. The summed E-state index contributed by atoms with van der Waals surface area (Å²) in [5.41, 5.74) is 1.45. The van der Waals surface area contributed by atoms with Gasteiger partial charge in [0.05, 0.1) is 11.2 Å². The van der Waals surface area contributed by atoms with Crippen LogP contribution in [0.2, 0.25) is 5.02 Å². The van der Waals surface area contributed by atoms with Crippen LogP contribution in [0.1, 0.15) is 25.7 Å². The largest absolute Gasteiger partial charge is 0.454 e. The normalized spacial score (nSPS) is 13.0. The van der Waals surface area contributed by atoms with Gasteiger partial charge in [-0.15, -0.1) is 15.3 Å². The highest BCUT2D eigenvalue weighted by atomic mass is 35.5. The molecular weight excluding hydrogens is 344 g/mol. The molecule has 0 radical (unpaired) electrons. The van der Waals surface area contributed by atoms with Crippen LogP contribution in [0, 0.1) is 0 Å². The summed E-state index contributed by atoms with van der Waals surface area (Å²) in [5.74, 6) is 2.24. The predicted octanol–water partition coefficient (Wildman–Crippen LogP) is 2.74. The summed E-state index contributed by atoms with van der Waals surface area (Å²) in [4.78, 5) is 0. The van der Waals surface area contributed by atoms with E-state index < -0.39 is 0 Å². The molecule has 4 rings (SSSR count). The lowest BCUT2D eigenvalue weighted by Gasteiger charge is -2.09. The molecule has 8 nitrogen and oxygen atoms in total. The first-order valence-electron chi connectivity index (χ1n) is 8.00. The molecule has 0 saturated carbocycles. The van der Waals surface area contributed by atoms with Crippen molar-refractivity contribution in [2.75, 3.05) is 6.79 Å². The zero-order chi connectivity index (χ0) is 17.4. The zero-order valence-electron chi connectivity index (χ0n) is 13.9. The SMILES string of the molecule is CC(C)n1cnnc1CCn1cc(-c2cc3c(cc2Cl)OCO3)nn1. The molecule has 25 heavy (non-hydrogen) atoms. The van der Waals surface area contributed by atoms with Crippen LogP contribution in [0.15, 0.2) is 24.7 Å². The minimum absolute atomic E-state index is 0.207. The summed E-state index contributed by atoms with van der Waals surface area (Å²) in [7, 11) is 0. The Morgan fingerprint density at radius 2 is 2.00 bits per heavy atom. The van der Waals surface area contributed by atoms with Crippen molar-refractivity contribution >= 4 is 11.6 Å². The number of fused-ring (bicyclic) bond motifs is 1. The zero-order valence-corrected chi connectivity index (χ0v) is 14.6. The molecule has 0 N–H and O–H groups in total. The lowest BCUT2D eigenvalue weighted by molar-refractivity contribution is 0.174. The lowest BCUT2D eigenvalue weighted by atomic mass is 10.1. The van der Waals surface area contributed by atoms with Crippen molar-refractivity contribution in [3.05, 3.63) is 35.5 Å². The van der Waals surface area contributed by atoms with Crippen LogP contribution in [0.4, 0.5) is 0 Å². The molecule has 1 aliphatic heterocycles. The first-order chi connectivity index (χ1) is 12.1. The van der Waals surface area contributed by atoms with Gasteiger partial charge in [-0.25, -0.2) is 0 Å². The maximum absolute atomic E-state index is 6.33. The summed E-state index contributed by atoms with van der Waals surface area (Å²) in [5, 5.41) is 17.1. The maximum atomic E-state index is 6.33. The summed E-state index contributed by atoms with van der Waals surface area (Å²) < 4.78 is 14.5. The number of hydrogen-bond donors (Lipinski definition) is 0. The molecule has 1 aliphatic rings. The molecule has 0 aliphatic carbocycles. The Morgan fingerprint density at radius 1 is 1.20 bits per heavy atom. The molecule has 0 spiro atoms. The van der Waals surface area contributed by atoms with Crippen LogP contribution in [0.5, 0.6) is 11.5 Å². The van der Waals surface area contributed by atoms with E-state index in [0.717, 1.165) is 17.8 Å². The van der Waals surface area contributed by atoms with Gasteiger partial charge in [0.15, 0.2) is 11.5 Å². The van der Waals surface area contributed by atoms with E-state index in [1.54, 1.807) is 17.1 Å². The third-order valence-corrected chi connectivity index (χ3v) is 4.36. The van der Waals surface area contributed by atoms with Gasteiger partial charge in [0.1, 0.15) is 17.8 Å². The maximum Gasteiger partial charge on any atom is 0.231 e. The topological polar surface area (TPSA) is 79.9 Å². The lowest BCUT2D eigenvalue weighted by Crippen LogP contribution is -2.09. The van der Waals surface area contributed by atoms with E-state index in [9.17, 15) is 0 Å². The van der Waals surface area contributed by atoms with E-state index in [0.29, 0.717) is 34.8 Å². The molecule has 3 heterocycles. The average molecular weight is 361 g/mol. The van der Waals surface area contributed by atoms with Crippen LogP contribution in [0.25, 0.3) is 11.3 Å². The van der Waals surface area contributed by atoms with Crippen molar-refractivity contribution in [2.45, 2.75) is 32.9 Å². The van der Waals surface area contributed by atoms with Gasteiger partial charge in [-0.05, 0) is 19.9 Å². The second kappa shape index (κ2) is 6.36. The number of hydrogen-bond acceptors (Lipinski definition) is 6. The van der Waals surface area contributed by atoms with E-state index in [1.807, 2.05) is 16.8 Å². The molecular formula is C16H17ClN6O2. The number of benzene rings is 1. The average Bonchev–Trinajstić information content (AvgIpc) is 3.31. The molecule has 0 fully saturated rings. The Hall–Kier alpha value is -2.61. The minimum atomic E-state index is 0.207. The van der Waals surface area contributed by atoms with Crippen molar-refractivity contribution < 1.29 is 9.47 Å². The fourth-order valence-corrected chi connectivity index (χ4v) is 2.99. The van der Waals surface area contributed by atoms with Crippen LogP contribution in [0.3, 0.4) is 0 Å². The Kier molecular flexibility index (Phi) is 4.04. The van der Waals surface area contributed by atoms with E-state index >= 15 is 0 Å². The Morgan fingerprint density at radius 3 is 2.80 bits per heavy atom. The van der Waals surface area contributed by atoms with Crippen LogP contribution < -0.4 is 9.47 Å². The van der Waals surface area contributed by atoms with Crippen LogP contribution >= 0.6 is 11.6 Å². The fourth-order valence-electron chi connectivity index (χ4n) is 2.74. The van der Waals surface area contributed by atoms with Gasteiger partial charge in [-0.1, -0.05) is 16.8 Å². The first kappa shape index (κ1) is 15.9. The number of aromatic nitrogens is 6. The fraction of sp³-hybridized carbons (Fsp3) is 0.375. The van der Waals surface area contributed by atoms with E-state index in [4.69, 9.17) is 21.1 Å². The molecule has 0 saturated heterocycles. The molecule has 0 bridgehead atoms. The van der Waals surface area contributed by atoms with Gasteiger partial charge in [0.2, 0.25) is 6.79 Å². The van der Waals surface area contributed by atoms with Crippen molar-refractivity contribution in [1.82, 2.24) is 29.8 Å². The molecule has 0 atom stereocenters. The summed E-state index contributed by atoms with van der Waals surface area (Å²) in [6.45, 7) is 5.06. The van der Waals surface area contributed by atoms with Gasteiger partial charge in [0.25, 0.3) is 0 Å². The van der Waals surface area contributed by atoms with Crippen molar-refractivity contribution in [3.63, 3.8) is 0 Å². The number of ether oxygens (including phenoxy) is 2. The van der Waals surface area contributed by atoms with E-state index in [1.165, 1.54) is 0 Å². The standard InChI is InChI=1S/C16H17ClN6O2/c1-10(2)23-8-18-20-16(23)3-4-22-7-13(19-21-22)11-5-14-15(6-12(11)17)25-9-24-14/h5-8,10H,3-4,9H2,1-2H3. The highest BCUT2D eigenvalue weighted by molar-refractivity contribution is 6.33. The van der Waals surface area contributed by atoms with Gasteiger partial charge < -0.3 is 14.0 Å². The van der Waals surface area contributed by atoms with Crippen molar-refractivity contribution in [3.8, 4) is 22.8 Å². The van der Waals surface area contributed by atoms with Gasteiger partial charge in [-0.2, -0.15) is 0 Å². The minimum Gasteiger partial charge on any atom is -0.454 e. The van der Waals surface area contributed by atoms with Gasteiger partial charge in [0, 0.05) is 30.6 Å². The second-order valence-corrected chi connectivity index (χ2v) is 6.46. The van der Waals surface area contributed by atoms with E-state index in [2.05, 4.69) is 34.4 Å². The summed E-state index contributed by atoms with van der Waals surface area (Å²) in [6.07, 6.45) is 4.33. The monoisotopic (exact) mass is 360 g/mol. The van der Waals surface area contributed by atoms with Crippen molar-refractivity contribution in [2.24, 2.45) is 0 Å². The second-order valence-electron chi connectivity index (χ2n) is 6.05. The van der Waals surface area contributed by atoms with E-state index in [-0.39, 0.29) is 6.79 Å². The van der Waals surface area contributed by atoms with Crippen LogP contribution in [-0.4, -0.2) is 36.6 Å². The smallest absolute Gasteiger partial charge is 0.231 e.